The van der Waals surface area contributed by atoms with Crippen LogP contribution in [0.25, 0.3) is 0 Å². The normalized spacial score (nSPS) is 9.86. The highest BCUT2D eigenvalue weighted by molar-refractivity contribution is 14.2. The van der Waals surface area contributed by atoms with Gasteiger partial charge in [0.25, 0.3) is 0 Å². The summed E-state index contributed by atoms with van der Waals surface area (Å²) in [5.41, 5.74) is 0.607. The summed E-state index contributed by atoms with van der Waals surface area (Å²) in [6, 6.07) is 0. The molecule has 0 heterocycles. The van der Waals surface area contributed by atoms with Crippen molar-refractivity contribution in [3.05, 3.63) is 36.8 Å². The highest BCUT2D eigenvalue weighted by atomic mass is 127. The zero-order chi connectivity index (χ0) is 10.8. The van der Waals surface area contributed by atoms with Crippen molar-refractivity contribution < 1.29 is 4.74 Å². The highest BCUT2D eigenvalue weighted by Gasteiger charge is 1.83. The maximum Gasteiger partial charge on any atom is 0.111 e. The van der Waals surface area contributed by atoms with E-state index in [9.17, 15) is 0 Å². The first-order valence-electron chi connectivity index (χ1n) is 3.61. The van der Waals surface area contributed by atoms with E-state index in [2.05, 4.69) is 50.5 Å². The second kappa shape index (κ2) is 8.91. The lowest BCUT2D eigenvalue weighted by Gasteiger charge is -1.94. The molecule has 0 spiro atoms. The predicted molar refractivity (Wildman–Crippen MR) is 72.3 cm³/mol. The third-order valence-electron chi connectivity index (χ3n) is 1.12. The first-order chi connectivity index (χ1) is 6.70. The Kier molecular flexibility index (Phi) is 8.48. The minimum atomic E-state index is 0.565. The van der Waals surface area contributed by atoms with Crippen molar-refractivity contribution in [3.8, 4) is 11.2 Å². The largest absolute Gasteiger partial charge is 0.497 e. The average Bonchev–Trinajstić information content (AvgIpc) is 2.21. The van der Waals surface area contributed by atoms with E-state index in [1.54, 1.807) is 19.3 Å². The zero-order valence-electron chi connectivity index (χ0n) is 7.79. The highest BCUT2D eigenvalue weighted by Crippen LogP contribution is 2.06. The average molecular weight is 319 g/mol. The van der Waals surface area contributed by atoms with E-state index in [0.29, 0.717) is 11.5 Å². The molecule has 0 atom stereocenters. The van der Waals surface area contributed by atoms with Gasteiger partial charge in [0.1, 0.15) is 5.76 Å². The molecule has 0 fully saturated rings. The second-order valence-electron chi connectivity index (χ2n) is 2.08. The molecule has 74 valence electrons. The van der Waals surface area contributed by atoms with Crippen molar-refractivity contribution in [1.82, 2.24) is 0 Å². The second-order valence-corrected chi connectivity index (χ2v) is 3.76. The minimum absolute atomic E-state index is 0.565. The summed E-state index contributed by atoms with van der Waals surface area (Å²) in [4.78, 5) is 3.97. The Morgan fingerprint density at radius 3 is 2.79 bits per heavy atom. The van der Waals surface area contributed by atoms with Crippen molar-refractivity contribution in [2.45, 2.75) is 0 Å². The van der Waals surface area contributed by atoms with E-state index in [4.69, 9.17) is 4.74 Å². The van der Waals surface area contributed by atoms with Crippen LogP contribution in [0.4, 0.5) is 0 Å². The van der Waals surface area contributed by atoms with Crippen LogP contribution in [0.3, 0.4) is 0 Å². The molecule has 0 aliphatic carbocycles. The molecular weight excluding hydrogens is 309 g/mol. The number of aliphatic imine (C=N–C) groups is 1. The molecule has 0 saturated heterocycles. The van der Waals surface area contributed by atoms with Gasteiger partial charge < -0.3 is 4.74 Å². The third kappa shape index (κ3) is 7.95. The summed E-state index contributed by atoms with van der Waals surface area (Å²) in [6.07, 6.45) is 4.91. The molecule has 0 aromatic carbocycles. The van der Waals surface area contributed by atoms with E-state index in [0.717, 1.165) is 0 Å². The number of ether oxygens (including phenoxy) is 1. The van der Waals surface area contributed by atoms with Crippen LogP contribution in [0.5, 0.6) is 0 Å². The third-order valence-corrected chi connectivity index (χ3v) is 1.97. The Labute approximate surface area is 101 Å². The van der Waals surface area contributed by atoms with Gasteiger partial charge in [0.05, 0.1) is 19.0 Å². The summed E-state index contributed by atoms with van der Waals surface area (Å²) in [5.74, 6) is 3.30. The van der Waals surface area contributed by atoms with Crippen molar-refractivity contribution in [2.24, 2.45) is 4.99 Å². The summed E-state index contributed by atoms with van der Waals surface area (Å²) in [6.45, 7) is 7.32. The lowest BCUT2D eigenvalue weighted by atomic mass is 10.4. The lowest BCUT2D eigenvalue weighted by molar-refractivity contribution is 0.309. The number of allylic oxidation sites excluding steroid dienone is 2. The van der Waals surface area contributed by atoms with Crippen molar-refractivity contribution in [2.75, 3.05) is 7.11 Å². The number of nitrogens with zero attached hydrogens (tertiary/aromatic N) is 1. The fourth-order valence-corrected chi connectivity index (χ4v) is 0.943. The Balaban J connectivity index is 4.04. The quantitative estimate of drug-likeness (QED) is 0.261. The maximum absolute atomic E-state index is 4.84. The SMILES string of the molecule is C=C(/C=C\C(=C)OC)N=CC#CSI. The summed E-state index contributed by atoms with van der Waals surface area (Å²) >= 11 is 2.09. The molecule has 0 radical (unpaired) electrons. The first-order valence-corrected chi connectivity index (χ1v) is 6.97. The molecule has 0 N–H and O–H groups in total. The van der Waals surface area contributed by atoms with Crippen LogP contribution < -0.4 is 0 Å². The first kappa shape index (κ1) is 13.3. The van der Waals surface area contributed by atoms with Gasteiger partial charge in [0.2, 0.25) is 0 Å². The summed E-state index contributed by atoms with van der Waals surface area (Å²) in [5, 5.41) is 2.78. The van der Waals surface area contributed by atoms with Gasteiger partial charge >= 0.3 is 0 Å². The van der Waals surface area contributed by atoms with Gasteiger partial charge in [-0.2, -0.15) is 0 Å². The summed E-state index contributed by atoms with van der Waals surface area (Å²) in [7, 11) is 2.97. The molecular formula is C10H10INOS. The van der Waals surface area contributed by atoms with E-state index in [1.165, 1.54) is 15.1 Å². The fourth-order valence-electron chi connectivity index (χ4n) is 0.464. The Morgan fingerprint density at radius 2 is 2.21 bits per heavy atom. The van der Waals surface area contributed by atoms with Gasteiger partial charge in [-0.05, 0) is 32.3 Å². The van der Waals surface area contributed by atoms with Crippen LogP contribution in [0.2, 0.25) is 0 Å². The number of hydrogen-bond donors (Lipinski definition) is 0. The Morgan fingerprint density at radius 1 is 1.50 bits per heavy atom. The maximum atomic E-state index is 4.84. The number of methoxy groups -OCH3 is 1. The lowest BCUT2D eigenvalue weighted by Crippen LogP contribution is -1.77. The van der Waals surface area contributed by atoms with E-state index < -0.39 is 0 Å². The Hall–Kier alpha value is -0.670. The molecule has 2 nitrogen and oxygen atoms in total. The molecule has 0 bridgehead atoms. The van der Waals surface area contributed by atoms with Crippen LogP contribution in [0.1, 0.15) is 0 Å². The van der Waals surface area contributed by atoms with Gasteiger partial charge in [-0.3, -0.25) is 0 Å². The number of halogens is 1. The van der Waals surface area contributed by atoms with E-state index in [-0.39, 0.29) is 0 Å². The van der Waals surface area contributed by atoms with Crippen LogP contribution in [-0.2, 0) is 4.74 Å². The molecule has 0 aromatic rings. The molecule has 0 rings (SSSR count). The monoisotopic (exact) mass is 319 g/mol. The topological polar surface area (TPSA) is 21.6 Å². The van der Waals surface area contributed by atoms with Gasteiger partial charge in [-0.15, -0.1) is 0 Å². The number of rotatable bonds is 4. The molecule has 14 heavy (non-hydrogen) atoms. The van der Waals surface area contributed by atoms with Crippen molar-refractivity contribution in [1.29, 1.82) is 0 Å². The van der Waals surface area contributed by atoms with Gasteiger partial charge in [0.15, 0.2) is 0 Å². The van der Waals surface area contributed by atoms with E-state index >= 15 is 0 Å². The fraction of sp³-hybridized carbons (Fsp3) is 0.100. The van der Waals surface area contributed by atoms with Gasteiger partial charge in [-0.25, -0.2) is 4.99 Å². The molecule has 0 amide bonds. The summed E-state index contributed by atoms with van der Waals surface area (Å²) < 4.78 is 4.84. The predicted octanol–water partition coefficient (Wildman–Crippen LogP) is 3.33. The molecule has 0 aliphatic heterocycles. The zero-order valence-corrected chi connectivity index (χ0v) is 10.8. The van der Waals surface area contributed by atoms with E-state index in [1.807, 2.05) is 0 Å². The smallest absolute Gasteiger partial charge is 0.111 e. The van der Waals surface area contributed by atoms with Crippen molar-refractivity contribution >= 4 is 36.4 Å². The van der Waals surface area contributed by atoms with Gasteiger partial charge in [0, 0.05) is 21.2 Å². The molecule has 0 unspecified atom stereocenters. The molecule has 0 saturated carbocycles. The minimum Gasteiger partial charge on any atom is -0.497 e. The van der Waals surface area contributed by atoms with Crippen LogP contribution in [-0.4, -0.2) is 13.3 Å². The van der Waals surface area contributed by atoms with Crippen LogP contribution >= 0.6 is 30.1 Å². The molecule has 4 heteroatoms. The molecule has 0 aromatic heterocycles. The van der Waals surface area contributed by atoms with Crippen LogP contribution in [0, 0.1) is 11.2 Å². The molecule has 0 aliphatic rings. The number of hydrogen-bond acceptors (Lipinski definition) is 3. The standard InChI is InChI=1S/C10H10INOS/c1-9(5-6-10(2)13-3)12-7-4-8-14-11/h5-7H,1-2H2,3H3/b6-5-,12-7?. The Bertz CT molecular complexity index is 323. The van der Waals surface area contributed by atoms with Gasteiger partial charge in [-0.1, -0.05) is 13.2 Å². The van der Waals surface area contributed by atoms with Crippen LogP contribution in [0.15, 0.2) is 41.8 Å². The van der Waals surface area contributed by atoms with Crippen molar-refractivity contribution in [3.63, 3.8) is 0 Å².